The van der Waals surface area contributed by atoms with Crippen LogP contribution in [0.15, 0.2) is 53.5 Å². The summed E-state index contributed by atoms with van der Waals surface area (Å²) >= 11 is 0. The summed E-state index contributed by atoms with van der Waals surface area (Å²) in [4.78, 5) is 9.29. The van der Waals surface area contributed by atoms with E-state index < -0.39 is 0 Å². The third-order valence-corrected chi connectivity index (χ3v) is 4.80. The minimum Gasteiger partial charge on any atom is -0.370 e. The molecule has 0 unspecified atom stereocenters. The van der Waals surface area contributed by atoms with Crippen LogP contribution in [0.4, 0.5) is 5.69 Å². The van der Waals surface area contributed by atoms with Gasteiger partial charge in [0.2, 0.25) is 0 Å². The van der Waals surface area contributed by atoms with Gasteiger partial charge in [-0.05, 0) is 48.6 Å². The molecule has 1 aliphatic rings. The van der Waals surface area contributed by atoms with E-state index in [2.05, 4.69) is 59.1 Å². The molecular formula is C21H25N5. The Hall–Kier alpha value is -2.82. The van der Waals surface area contributed by atoms with Crippen molar-refractivity contribution in [3.63, 3.8) is 0 Å². The Morgan fingerprint density at radius 2 is 2.04 bits per heavy atom. The van der Waals surface area contributed by atoms with Crippen molar-refractivity contribution in [2.45, 2.75) is 45.2 Å². The van der Waals surface area contributed by atoms with Gasteiger partial charge >= 0.3 is 0 Å². The first-order chi connectivity index (χ1) is 12.6. The van der Waals surface area contributed by atoms with E-state index in [9.17, 15) is 0 Å². The minimum atomic E-state index is 0.417. The van der Waals surface area contributed by atoms with Gasteiger partial charge in [0.15, 0.2) is 5.96 Å². The highest BCUT2D eigenvalue weighted by Crippen LogP contribution is 2.38. The monoisotopic (exact) mass is 347 g/mol. The van der Waals surface area contributed by atoms with Crippen molar-refractivity contribution in [2.24, 2.45) is 10.7 Å². The first-order valence-corrected chi connectivity index (χ1v) is 9.24. The van der Waals surface area contributed by atoms with Crippen LogP contribution in [0.2, 0.25) is 0 Å². The molecule has 5 heteroatoms. The molecule has 0 atom stereocenters. The maximum atomic E-state index is 6.12. The Labute approximate surface area is 154 Å². The number of para-hydroxylation sites is 2. The lowest BCUT2D eigenvalue weighted by atomic mass is 10.0. The molecule has 0 bridgehead atoms. The second kappa shape index (κ2) is 6.83. The minimum absolute atomic E-state index is 0.417. The number of benzene rings is 2. The molecule has 1 fully saturated rings. The number of nitrogens with zero attached hydrogens (tertiary/aromatic N) is 3. The van der Waals surface area contributed by atoms with Gasteiger partial charge in [0.25, 0.3) is 0 Å². The third-order valence-electron chi connectivity index (χ3n) is 4.80. The van der Waals surface area contributed by atoms with E-state index in [1.165, 1.54) is 23.9 Å². The standard InChI is InChI=1S/C21H25N5/c1-14(2)15-6-5-7-16(12-15)24-21(22)23-13-20-25-18-8-3-4-9-19(18)26(20)17-10-11-17/h3-9,12,14,17H,10-11,13H2,1-2H3,(H3,22,23,24). The number of imidazole rings is 1. The number of rotatable bonds is 5. The lowest BCUT2D eigenvalue weighted by Crippen LogP contribution is -2.23. The molecular weight excluding hydrogens is 322 g/mol. The highest BCUT2D eigenvalue weighted by molar-refractivity contribution is 5.92. The SMILES string of the molecule is CC(C)c1cccc(NC(N)=NCc2nc3ccccc3n2C2CC2)c1. The molecule has 5 nitrogen and oxygen atoms in total. The molecule has 3 N–H and O–H groups in total. The molecule has 0 aliphatic heterocycles. The molecule has 0 saturated heterocycles. The molecule has 1 aliphatic carbocycles. The van der Waals surface area contributed by atoms with Crippen LogP contribution in [0.3, 0.4) is 0 Å². The molecule has 1 saturated carbocycles. The number of nitrogens with two attached hydrogens (primary N) is 1. The fourth-order valence-electron chi connectivity index (χ4n) is 3.26. The van der Waals surface area contributed by atoms with Crippen molar-refractivity contribution >= 4 is 22.7 Å². The average Bonchev–Trinajstić information content (AvgIpc) is 3.40. The Morgan fingerprint density at radius 1 is 1.23 bits per heavy atom. The van der Waals surface area contributed by atoms with E-state index in [0.29, 0.717) is 24.5 Å². The number of anilines is 1. The predicted octanol–water partition coefficient (Wildman–Crippen LogP) is 4.42. The highest BCUT2D eigenvalue weighted by atomic mass is 15.2. The summed E-state index contributed by atoms with van der Waals surface area (Å²) in [6.45, 7) is 4.84. The van der Waals surface area contributed by atoms with Crippen LogP contribution in [0.1, 0.15) is 50.0 Å². The second-order valence-electron chi connectivity index (χ2n) is 7.22. The Balaban J connectivity index is 1.53. The normalized spacial score (nSPS) is 15.0. The van der Waals surface area contributed by atoms with E-state index in [4.69, 9.17) is 10.7 Å². The number of fused-ring (bicyclic) bond motifs is 1. The Morgan fingerprint density at radius 3 is 2.81 bits per heavy atom. The summed E-state index contributed by atoms with van der Waals surface area (Å²) in [5, 5.41) is 3.20. The van der Waals surface area contributed by atoms with Gasteiger partial charge in [-0.1, -0.05) is 38.1 Å². The van der Waals surface area contributed by atoms with Gasteiger partial charge in [0.05, 0.1) is 11.0 Å². The molecule has 1 aromatic heterocycles. The van der Waals surface area contributed by atoms with Crippen molar-refractivity contribution in [1.29, 1.82) is 0 Å². The van der Waals surface area contributed by atoms with E-state index in [1.807, 2.05) is 18.2 Å². The zero-order chi connectivity index (χ0) is 18.1. The summed E-state index contributed by atoms with van der Waals surface area (Å²) in [7, 11) is 0. The van der Waals surface area contributed by atoms with Gasteiger partial charge in [-0.2, -0.15) is 0 Å². The van der Waals surface area contributed by atoms with E-state index in [0.717, 1.165) is 17.0 Å². The van der Waals surface area contributed by atoms with E-state index in [-0.39, 0.29) is 0 Å². The van der Waals surface area contributed by atoms with Gasteiger partial charge in [0.1, 0.15) is 12.4 Å². The number of hydrogen-bond donors (Lipinski definition) is 2. The molecule has 4 rings (SSSR count). The van der Waals surface area contributed by atoms with Crippen LogP contribution >= 0.6 is 0 Å². The van der Waals surface area contributed by atoms with Crippen molar-refractivity contribution in [2.75, 3.05) is 5.32 Å². The largest absolute Gasteiger partial charge is 0.370 e. The Bertz CT molecular complexity index is 950. The predicted molar refractivity (Wildman–Crippen MR) is 107 cm³/mol. The van der Waals surface area contributed by atoms with Gasteiger partial charge in [0, 0.05) is 11.7 Å². The summed E-state index contributed by atoms with van der Waals surface area (Å²) in [6.07, 6.45) is 2.43. The van der Waals surface area contributed by atoms with E-state index in [1.54, 1.807) is 0 Å². The maximum absolute atomic E-state index is 6.12. The highest BCUT2D eigenvalue weighted by Gasteiger charge is 2.27. The van der Waals surface area contributed by atoms with Gasteiger partial charge in [-0.25, -0.2) is 9.98 Å². The molecule has 0 radical (unpaired) electrons. The van der Waals surface area contributed by atoms with Crippen molar-refractivity contribution in [1.82, 2.24) is 9.55 Å². The third kappa shape index (κ3) is 3.43. The van der Waals surface area contributed by atoms with Crippen LogP contribution in [0, 0.1) is 0 Å². The molecule has 26 heavy (non-hydrogen) atoms. The zero-order valence-corrected chi connectivity index (χ0v) is 15.3. The van der Waals surface area contributed by atoms with Crippen LogP contribution < -0.4 is 11.1 Å². The average molecular weight is 347 g/mol. The van der Waals surface area contributed by atoms with Gasteiger partial charge in [-0.15, -0.1) is 0 Å². The first-order valence-electron chi connectivity index (χ1n) is 9.24. The van der Waals surface area contributed by atoms with Crippen LogP contribution in [-0.2, 0) is 6.54 Å². The van der Waals surface area contributed by atoms with Crippen molar-refractivity contribution in [3.8, 4) is 0 Å². The number of nitrogens with one attached hydrogen (secondary N) is 1. The van der Waals surface area contributed by atoms with Gasteiger partial charge in [-0.3, -0.25) is 0 Å². The van der Waals surface area contributed by atoms with Crippen LogP contribution in [0.25, 0.3) is 11.0 Å². The van der Waals surface area contributed by atoms with Crippen LogP contribution in [-0.4, -0.2) is 15.5 Å². The summed E-state index contributed by atoms with van der Waals surface area (Å²) in [6, 6.07) is 17.1. The summed E-state index contributed by atoms with van der Waals surface area (Å²) < 4.78 is 2.32. The Kier molecular flexibility index (Phi) is 4.37. The molecule has 1 heterocycles. The fraction of sp³-hybridized carbons (Fsp3) is 0.333. The number of guanidine groups is 1. The number of aromatic nitrogens is 2. The van der Waals surface area contributed by atoms with Gasteiger partial charge < -0.3 is 15.6 Å². The van der Waals surface area contributed by atoms with Crippen molar-refractivity contribution in [3.05, 3.63) is 59.9 Å². The second-order valence-corrected chi connectivity index (χ2v) is 7.22. The maximum Gasteiger partial charge on any atom is 0.193 e. The zero-order valence-electron chi connectivity index (χ0n) is 15.3. The smallest absolute Gasteiger partial charge is 0.193 e. The van der Waals surface area contributed by atoms with E-state index >= 15 is 0 Å². The summed E-state index contributed by atoms with van der Waals surface area (Å²) in [5.74, 6) is 1.88. The topological polar surface area (TPSA) is 68.2 Å². The first kappa shape index (κ1) is 16.6. The molecule has 134 valence electrons. The number of hydrogen-bond acceptors (Lipinski definition) is 2. The van der Waals surface area contributed by atoms with Crippen LogP contribution in [0.5, 0.6) is 0 Å². The quantitative estimate of drug-likeness (QED) is 0.530. The fourth-order valence-corrected chi connectivity index (χ4v) is 3.26. The summed E-state index contributed by atoms with van der Waals surface area (Å²) in [5.41, 5.74) is 10.6. The molecule has 2 aromatic carbocycles. The van der Waals surface area contributed by atoms with Crippen molar-refractivity contribution < 1.29 is 0 Å². The molecule has 3 aromatic rings. The molecule has 0 amide bonds. The number of aliphatic imine (C=N–C) groups is 1. The lowest BCUT2D eigenvalue weighted by Gasteiger charge is -2.10. The lowest BCUT2D eigenvalue weighted by molar-refractivity contribution is 0.702. The molecule has 0 spiro atoms.